The van der Waals surface area contributed by atoms with Crippen molar-refractivity contribution in [2.45, 2.75) is 11.8 Å². The molecule has 1 fully saturated rings. The first kappa shape index (κ1) is 11.6. The van der Waals surface area contributed by atoms with Gasteiger partial charge in [0.15, 0.2) is 0 Å². The number of halogens is 2. The maximum absolute atomic E-state index is 11.7. The molecule has 86 valence electrons. The number of benzene rings is 1. The lowest BCUT2D eigenvalue weighted by Gasteiger charge is -2.18. The standard InChI is InChI=1S/C11H11Cl2NO2/c1-16-8-2-3-9(13)10(5-8)14-6-7(12)4-11(14)15/h2-3,5,7H,4,6H2,1H3. The van der Waals surface area contributed by atoms with E-state index in [1.807, 2.05) is 0 Å². The highest BCUT2D eigenvalue weighted by molar-refractivity contribution is 6.34. The van der Waals surface area contributed by atoms with E-state index in [1.165, 1.54) is 0 Å². The Labute approximate surface area is 104 Å². The molecule has 16 heavy (non-hydrogen) atoms. The molecule has 1 unspecified atom stereocenters. The number of rotatable bonds is 2. The van der Waals surface area contributed by atoms with Crippen LogP contribution in [0.2, 0.25) is 5.02 Å². The number of carbonyl (C=O) groups is 1. The summed E-state index contributed by atoms with van der Waals surface area (Å²) in [7, 11) is 1.57. The molecule has 1 aromatic rings. The van der Waals surface area contributed by atoms with Crippen LogP contribution in [0.15, 0.2) is 18.2 Å². The molecule has 0 aliphatic carbocycles. The van der Waals surface area contributed by atoms with E-state index in [1.54, 1.807) is 30.2 Å². The molecule has 0 saturated carbocycles. The second-order valence-corrected chi connectivity index (χ2v) is 4.65. The smallest absolute Gasteiger partial charge is 0.228 e. The predicted octanol–water partition coefficient (Wildman–Crippen LogP) is 2.69. The van der Waals surface area contributed by atoms with Crippen molar-refractivity contribution in [1.82, 2.24) is 0 Å². The van der Waals surface area contributed by atoms with Gasteiger partial charge in [0.25, 0.3) is 0 Å². The lowest BCUT2D eigenvalue weighted by atomic mass is 10.2. The summed E-state index contributed by atoms with van der Waals surface area (Å²) in [5, 5.41) is 0.384. The molecular formula is C11H11Cl2NO2. The van der Waals surface area contributed by atoms with Crippen LogP contribution in [0.4, 0.5) is 5.69 Å². The molecule has 5 heteroatoms. The summed E-state index contributed by atoms with van der Waals surface area (Å²) in [5.41, 5.74) is 0.661. The van der Waals surface area contributed by atoms with Crippen molar-refractivity contribution >= 4 is 34.8 Å². The van der Waals surface area contributed by atoms with E-state index < -0.39 is 0 Å². The summed E-state index contributed by atoms with van der Waals surface area (Å²) in [5.74, 6) is 0.667. The highest BCUT2D eigenvalue weighted by Crippen LogP contribution is 2.33. The Hall–Kier alpha value is -0.930. The van der Waals surface area contributed by atoms with Crippen LogP contribution in [0.3, 0.4) is 0 Å². The largest absolute Gasteiger partial charge is 0.497 e. The minimum atomic E-state index is -0.144. The molecule has 0 radical (unpaired) electrons. The van der Waals surface area contributed by atoms with Gasteiger partial charge >= 0.3 is 0 Å². The Morgan fingerprint density at radius 1 is 1.50 bits per heavy atom. The van der Waals surface area contributed by atoms with Crippen molar-refractivity contribution in [1.29, 1.82) is 0 Å². The second kappa shape index (κ2) is 4.52. The number of nitrogens with zero attached hydrogens (tertiary/aromatic N) is 1. The van der Waals surface area contributed by atoms with E-state index in [4.69, 9.17) is 27.9 Å². The van der Waals surface area contributed by atoms with Gasteiger partial charge in [0.2, 0.25) is 5.91 Å². The summed E-state index contributed by atoms with van der Waals surface area (Å²) >= 11 is 12.0. The number of carbonyl (C=O) groups excluding carboxylic acids is 1. The monoisotopic (exact) mass is 259 g/mol. The average Bonchev–Trinajstić information content (AvgIpc) is 2.58. The third-order valence-corrected chi connectivity index (χ3v) is 3.13. The summed E-state index contributed by atoms with van der Waals surface area (Å²) in [6.45, 7) is 0.493. The number of alkyl halides is 1. The highest BCUT2D eigenvalue weighted by atomic mass is 35.5. The number of anilines is 1. The Kier molecular flexibility index (Phi) is 3.26. The van der Waals surface area contributed by atoms with Gasteiger partial charge < -0.3 is 9.64 Å². The van der Waals surface area contributed by atoms with Gasteiger partial charge in [-0.05, 0) is 12.1 Å². The maximum Gasteiger partial charge on any atom is 0.228 e. The van der Waals surface area contributed by atoms with Crippen molar-refractivity contribution in [2.24, 2.45) is 0 Å². The van der Waals surface area contributed by atoms with E-state index in [2.05, 4.69) is 0 Å². The van der Waals surface area contributed by atoms with Crippen molar-refractivity contribution in [3.63, 3.8) is 0 Å². The van der Waals surface area contributed by atoms with Crippen LogP contribution < -0.4 is 9.64 Å². The number of hydrogen-bond acceptors (Lipinski definition) is 2. The third kappa shape index (κ3) is 2.11. The molecule has 3 nitrogen and oxygen atoms in total. The van der Waals surface area contributed by atoms with Gasteiger partial charge in [-0.15, -0.1) is 11.6 Å². The molecule has 1 aliphatic heterocycles. The zero-order valence-electron chi connectivity index (χ0n) is 8.74. The minimum Gasteiger partial charge on any atom is -0.497 e. The molecule has 1 saturated heterocycles. The minimum absolute atomic E-state index is 0.00449. The lowest BCUT2D eigenvalue weighted by Crippen LogP contribution is -2.24. The maximum atomic E-state index is 11.7. The molecule has 1 aromatic carbocycles. The first-order valence-electron chi connectivity index (χ1n) is 4.90. The van der Waals surface area contributed by atoms with Crippen LogP contribution in [0, 0.1) is 0 Å². The number of ether oxygens (including phenoxy) is 1. The zero-order valence-corrected chi connectivity index (χ0v) is 10.3. The summed E-state index contributed by atoms with van der Waals surface area (Å²) in [6, 6.07) is 5.21. The van der Waals surface area contributed by atoms with Crippen molar-refractivity contribution in [3.05, 3.63) is 23.2 Å². The Morgan fingerprint density at radius 2 is 2.25 bits per heavy atom. The highest BCUT2D eigenvalue weighted by Gasteiger charge is 2.30. The molecule has 0 aromatic heterocycles. The van der Waals surface area contributed by atoms with Gasteiger partial charge in [-0.25, -0.2) is 0 Å². The molecule has 1 heterocycles. The van der Waals surface area contributed by atoms with Crippen LogP contribution in [0.1, 0.15) is 6.42 Å². The fraction of sp³-hybridized carbons (Fsp3) is 0.364. The zero-order chi connectivity index (χ0) is 11.7. The van der Waals surface area contributed by atoms with Crippen LogP contribution in [-0.2, 0) is 4.79 Å². The van der Waals surface area contributed by atoms with Crippen molar-refractivity contribution in [2.75, 3.05) is 18.6 Å². The van der Waals surface area contributed by atoms with Crippen LogP contribution in [-0.4, -0.2) is 24.9 Å². The van der Waals surface area contributed by atoms with Gasteiger partial charge in [-0.3, -0.25) is 4.79 Å². The topological polar surface area (TPSA) is 29.5 Å². The number of amides is 1. The Bertz CT molecular complexity index is 422. The van der Waals surface area contributed by atoms with E-state index in [0.29, 0.717) is 29.4 Å². The number of methoxy groups -OCH3 is 1. The van der Waals surface area contributed by atoms with E-state index in [-0.39, 0.29) is 11.3 Å². The molecule has 1 amide bonds. The number of hydrogen-bond donors (Lipinski definition) is 0. The third-order valence-electron chi connectivity index (χ3n) is 2.52. The fourth-order valence-corrected chi connectivity index (χ4v) is 2.21. The van der Waals surface area contributed by atoms with Gasteiger partial charge in [-0.1, -0.05) is 11.6 Å². The van der Waals surface area contributed by atoms with Crippen molar-refractivity contribution in [3.8, 4) is 5.75 Å². The Morgan fingerprint density at radius 3 is 2.81 bits per heavy atom. The fourth-order valence-electron chi connectivity index (χ4n) is 1.72. The molecular weight excluding hydrogens is 249 g/mol. The summed E-state index contributed by atoms with van der Waals surface area (Å²) in [6.07, 6.45) is 0.356. The quantitative estimate of drug-likeness (QED) is 0.765. The summed E-state index contributed by atoms with van der Waals surface area (Å²) in [4.78, 5) is 13.3. The van der Waals surface area contributed by atoms with Gasteiger partial charge in [0.05, 0.1) is 23.2 Å². The predicted molar refractivity (Wildman–Crippen MR) is 64.6 cm³/mol. The molecule has 1 aliphatic rings. The second-order valence-electron chi connectivity index (χ2n) is 3.62. The van der Waals surface area contributed by atoms with Crippen LogP contribution in [0.25, 0.3) is 0 Å². The summed E-state index contributed by atoms with van der Waals surface area (Å²) < 4.78 is 5.10. The van der Waals surface area contributed by atoms with Crippen LogP contribution >= 0.6 is 23.2 Å². The first-order valence-corrected chi connectivity index (χ1v) is 5.71. The average molecular weight is 260 g/mol. The van der Waals surface area contributed by atoms with Gasteiger partial charge in [0.1, 0.15) is 5.75 Å². The van der Waals surface area contributed by atoms with Crippen molar-refractivity contribution < 1.29 is 9.53 Å². The Balaban J connectivity index is 2.35. The van der Waals surface area contributed by atoms with Gasteiger partial charge in [0, 0.05) is 19.0 Å². The molecule has 0 N–H and O–H groups in total. The normalized spacial score (nSPS) is 20.3. The van der Waals surface area contributed by atoms with E-state index in [0.717, 1.165) is 0 Å². The van der Waals surface area contributed by atoms with E-state index in [9.17, 15) is 4.79 Å². The molecule has 1 atom stereocenters. The SMILES string of the molecule is COc1ccc(Cl)c(N2CC(Cl)CC2=O)c1. The van der Waals surface area contributed by atoms with Gasteiger partial charge in [-0.2, -0.15) is 0 Å². The molecule has 0 bridgehead atoms. The lowest BCUT2D eigenvalue weighted by molar-refractivity contribution is -0.117. The van der Waals surface area contributed by atoms with E-state index >= 15 is 0 Å². The molecule has 2 rings (SSSR count). The van der Waals surface area contributed by atoms with Crippen LogP contribution in [0.5, 0.6) is 5.75 Å². The first-order chi connectivity index (χ1) is 7.61. The molecule has 0 spiro atoms.